The van der Waals surface area contributed by atoms with Crippen molar-refractivity contribution >= 4 is 29.7 Å². The van der Waals surface area contributed by atoms with E-state index in [9.17, 15) is 14.4 Å². The highest BCUT2D eigenvalue weighted by atomic mass is 32.2. The van der Waals surface area contributed by atoms with Crippen molar-refractivity contribution in [2.45, 2.75) is 38.8 Å². The minimum atomic E-state index is -1.09. The normalized spacial score (nSPS) is 12.4. The summed E-state index contributed by atoms with van der Waals surface area (Å²) in [6.45, 7) is 5.29. The van der Waals surface area contributed by atoms with Crippen molar-refractivity contribution in [3.05, 3.63) is 0 Å². The van der Waals surface area contributed by atoms with Crippen LogP contribution in [0.15, 0.2) is 0 Å². The van der Waals surface area contributed by atoms with Crippen LogP contribution in [0.2, 0.25) is 0 Å². The van der Waals surface area contributed by atoms with Gasteiger partial charge in [0.15, 0.2) is 0 Å². The van der Waals surface area contributed by atoms with Crippen LogP contribution in [0.4, 0.5) is 4.79 Å². The Hall–Kier alpha value is -1.44. The van der Waals surface area contributed by atoms with E-state index >= 15 is 0 Å². The largest absolute Gasteiger partial charge is 0.480 e. The Morgan fingerprint density at radius 1 is 1.25 bits per heavy atom. The van der Waals surface area contributed by atoms with Gasteiger partial charge in [0.2, 0.25) is 5.91 Å². The summed E-state index contributed by atoms with van der Waals surface area (Å²) in [6.07, 6.45) is 2.19. The van der Waals surface area contributed by atoms with E-state index in [0.29, 0.717) is 12.2 Å². The molecular weight excluding hydrogens is 282 g/mol. The summed E-state index contributed by atoms with van der Waals surface area (Å²) in [4.78, 5) is 33.9. The van der Waals surface area contributed by atoms with E-state index in [2.05, 4.69) is 16.0 Å². The molecule has 0 saturated carbocycles. The van der Waals surface area contributed by atoms with Crippen molar-refractivity contribution in [2.75, 3.05) is 18.6 Å². The summed E-state index contributed by atoms with van der Waals surface area (Å²) in [6, 6.07) is -1.62. The number of aliphatic carboxylic acids is 1. The Morgan fingerprint density at radius 3 is 2.30 bits per heavy atom. The van der Waals surface area contributed by atoms with E-state index in [1.165, 1.54) is 11.8 Å². The zero-order chi connectivity index (χ0) is 15.8. The predicted octanol–water partition coefficient (Wildman–Crippen LogP) is 0.407. The molecule has 0 aromatic heterocycles. The lowest BCUT2D eigenvalue weighted by molar-refractivity contribution is -0.139. The van der Waals surface area contributed by atoms with Crippen molar-refractivity contribution in [1.29, 1.82) is 0 Å². The van der Waals surface area contributed by atoms with E-state index in [1.807, 2.05) is 27.0 Å². The molecule has 8 heteroatoms. The van der Waals surface area contributed by atoms with Gasteiger partial charge in [0.1, 0.15) is 6.04 Å². The van der Waals surface area contributed by atoms with Crippen LogP contribution in [-0.2, 0) is 9.59 Å². The van der Waals surface area contributed by atoms with Crippen LogP contribution in [0, 0.1) is 0 Å². The maximum absolute atomic E-state index is 11.5. The number of carboxylic acid groups (broad SMARTS) is 1. The molecule has 0 rings (SSSR count). The summed E-state index contributed by atoms with van der Waals surface area (Å²) in [7, 11) is 0. The van der Waals surface area contributed by atoms with Gasteiger partial charge in [-0.3, -0.25) is 4.79 Å². The first-order valence-electron chi connectivity index (χ1n) is 6.23. The molecule has 116 valence electrons. The van der Waals surface area contributed by atoms with Crippen LogP contribution >= 0.6 is 11.8 Å². The lowest BCUT2D eigenvalue weighted by Gasteiger charge is -2.21. The minimum absolute atomic E-state index is 0.196. The zero-order valence-electron chi connectivity index (χ0n) is 12.3. The fourth-order valence-corrected chi connectivity index (χ4v) is 1.80. The van der Waals surface area contributed by atoms with Gasteiger partial charge in [-0.1, -0.05) is 0 Å². The first kappa shape index (κ1) is 18.6. The molecule has 3 amide bonds. The van der Waals surface area contributed by atoms with Gasteiger partial charge in [-0.15, -0.1) is 0 Å². The van der Waals surface area contributed by atoms with E-state index < -0.39 is 18.0 Å². The van der Waals surface area contributed by atoms with Crippen molar-refractivity contribution in [3.8, 4) is 0 Å². The van der Waals surface area contributed by atoms with Crippen molar-refractivity contribution in [2.24, 2.45) is 0 Å². The quantitative estimate of drug-likeness (QED) is 0.545. The Morgan fingerprint density at radius 2 is 1.85 bits per heavy atom. The van der Waals surface area contributed by atoms with Crippen LogP contribution in [-0.4, -0.2) is 53.1 Å². The second-order valence-corrected chi connectivity index (χ2v) is 6.28. The molecule has 0 saturated heterocycles. The maximum atomic E-state index is 11.5. The van der Waals surface area contributed by atoms with Crippen LogP contribution < -0.4 is 16.0 Å². The first-order valence-corrected chi connectivity index (χ1v) is 7.62. The number of thioether (sulfide) groups is 1. The number of rotatable bonds is 7. The van der Waals surface area contributed by atoms with Crippen LogP contribution in [0.5, 0.6) is 0 Å². The van der Waals surface area contributed by atoms with Crippen LogP contribution in [0.1, 0.15) is 27.2 Å². The van der Waals surface area contributed by atoms with Gasteiger partial charge in [-0.25, -0.2) is 9.59 Å². The number of hydrogen-bond donors (Lipinski definition) is 4. The third kappa shape index (κ3) is 9.48. The molecule has 0 bridgehead atoms. The minimum Gasteiger partial charge on any atom is -0.480 e. The van der Waals surface area contributed by atoms with Crippen LogP contribution in [0.25, 0.3) is 0 Å². The Labute approximate surface area is 123 Å². The number of amides is 3. The summed E-state index contributed by atoms with van der Waals surface area (Å²) in [5, 5.41) is 16.3. The van der Waals surface area contributed by atoms with E-state index in [1.54, 1.807) is 0 Å². The summed E-state index contributed by atoms with van der Waals surface area (Å²) >= 11 is 1.50. The molecule has 0 heterocycles. The molecule has 0 radical (unpaired) electrons. The van der Waals surface area contributed by atoms with Crippen molar-refractivity contribution in [1.82, 2.24) is 16.0 Å². The van der Waals surface area contributed by atoms with E-state index in [-0.39, 0.29) is 18.0 Å². The average Bonchev–Trinajstić information content (AvgIpc) is 2.29. The first-order chi connectivity index (χ1) is 9.15. The number of carbonyl (C=O) groups is 3. The van der Waals surface area contributed by atoms with Gasteiger partial charge < -0.3 is 21.1 Å². The number of nitrogens with one attached hydrogen (secondary N) is 3. The fourth-order valence-electron chi connectivity index (χ4n) is 1.33. The molecule has 0 aliphatic carbocycles. The van der Waals surface area contributed by atoms with Crippen molar-refractivity contribution in [3.63, 3.8) is 0 Å². The van der Waals surface area contributed by atoms with Crippen molar-refractivity contribution < 1.29 is 19.5 Å². The third-order valence-electron chi connectivity index (χ3n) is 2.14. The monoisotopic (exact) mass is 305 g/mol. The molecule has 0 aromatic rings. The number of carbonyl (C=O) groups excluding carboxylic acids is 2. The number of carboxylic acids is 1. The molecule has 0 aliphatic rings. The van der Waals surface area contributed by atoms with Crippen LogP contribution in [0.3, 0.4) is 0 Å². The molecular formula is C12H23N3O4S. The molecule has 0 unspecified atom stereocenters. The van der Waals surface area contributed by atoms with Gasteiger partial charge in [-0.2, -0.15) is 11.8 Å². The topological polar surface area (TPSA) is 108 Å². The predicted molar refractivity (Wildman–Crippen MR) is 78.9 cm³/mol. The summed E-state index contributed by atoms with van der Waals surface area (Å²) in [5.41, 5.74) is -0.378. The lowest BCUT2D eigenvalue weighted by atomic mass is 10.1. The molecule has 0 aromatic carbocycles. The Bertz CT molecular complexity index is 355. The number of urea groups is 1. The maximum Gasteiger partial charge on any atom is 0.326 e. The van der Waals surface area contributed by atoms with Gasteiger partial charge in [-0.05, 0) is 39.2 Å². The molecule has 4 N–H and O–H groups in total. The van der Waals surface area contributed by atoms with E-state index in [4.69, 9.17) is 5.11 Å². The molecule has 0 fully saturated rings. The Kier molecular flexibility index (Phi) is 8.05. The standard InChI is InChI=1S/C12H23N3O4S/c1-12(2,3)15-9(16)7-13-11(19)14-8(10(17)18)5-6-20-4/h8H,5-7H2,1-4H3,(H,15,16)(H,17,18)(H2,13,14,19)/t8-/m1/s1. The molecule has 1 atom stereocenters. The molecule has 7 nitrogen and oxygen atoms in total. The van der Waals surface area contributed by atoms with Gasteiger partial charge in [0.05, 0.1) is 6.54 Å². The van der Waals surface area contributed by atoms with Gasteiger partial charge in [0.25, 0.3) is 0 Å². The SMILES string of the molecule is CSCC[C@@H](NC(=O)NCC(=O)NC(C)(C)C)C(=O)O. The summed E-state index contributed by atoms with van der Waals surface area (Å²) < 4.78 is 0. The molecule has 0 spiro atoms. The molecule has 0 aliphatic heterocycles. The summed E-state index contributed by atoms with van der Waals surface area (Å²) in [5.74, 6) is -0.793. The highest BCUT2D eigenvalue weighted by Crippen LogP contribution is 2.01. The lowest BCUT2D eigenvalue weighted by Crippen LogP contribution is -2.50. The second-order valence-electron chi connectivity index (χ2n) is 5.30. The highest BCUT2D eigenvalue weighted by molar-refractivity contribution is 7.98. The average molecular weight is 305 g/mol. The number of hydrogen-bond acceptors (Lipinski definition) is 4. The van der Waals surface area contributed by atoms with E-state index in [0.717, 1.165) is 0 Å². The fraction of sp³-hybridized carbons (Fsp3) is 0.750. The van der Waals surface area contributed by atoms with Gasteiger partial charge >= 0.3 is 12.0 Å². The zero-order valence-corrected chi connectivity index (χ0v) is 13.1. The molecule has 20 heavy (non-hydrogen) atoms. The van der Waals surface area contributed by atoms with Gasteiger partial charge in [0, 0.05) is 5.54 Å². The second kappa shape index (κ2) is 8.68. The highest BCUT2D eigenvalue weighted by Gasteiger charge is 2.20. The Balaban J connectivity index is 4.14. The third-order valence-corrected chi connectivity index (χ3v) is 2.78. The smallest absolute Gasteiger partial charge is 0.326 e.